The maximum Gasteiger partial charge on any atom is 1.00 e. The van der Waals surface area contributed by atoms with Gasteiger partial charge in [-0.25, -0.2) is 92.6 Å². The molecule has 0 spiro atoms. The first-order valence-corrected chi connectivity index (χ1v) is 42.2. The van der Waals surface area contributed by atoms with Crippen LogP contribution in [0, 0.1) is 0 Å². The Morgan fingerprint density at radius 3 is 0.608 bits per heavy atom. The van der Waals surface area contributed by atoms with Gasteiger partial charge in [-0.15, -0.1) is 0 Å². The molecule has 0 bridgehead atoms. The van der Waals surface area contributed by atoms with Crippen molar-refractivity contribution in [3.63, 3.8) is 0 Å². The second kappa shape index (κ2) is 50.3. The molecular weight excluding hydrogens is 2060 g/mol. The molecule has 6 aromatic carbocycles. The quantitative estimate of drug-likeness (QED) is 0.0154. The number of ether oxygens (including phenoxy) is 4. The Morgan fingerprint density at radius 1 is 0.216 bits per heavy atom. The van der Waals surface area contributed by atoms with Crippen LogP contribution in [0.1, 0.15) is 0 Å². The molecule has 0 N–H and O–H groups in total. The van der Waals surface area contributed by atoms with Crippen molar-refractivity contribution in [1.82, 2.24) is 0 Å². The predicted molar refractivity (Wildman–Crippen MR) is 339 cm³/mol. The van der Waals surface area contributed by atoms with Crippen LogP contribution >= 0.6 is 0 Å². The van der Waals surface area contributed by atoms with Crippen LogP contribution in [0.25, 0.3) is 66.9 Å². The van der Waals surface area contributed by atoms with Crippen LogP contribution in [-0.4, -0.2) is 169 Å². The fraction of sp³-hybridized carbons (Fsp3) is 0.0816. The summed E-state index contributed by atoms with van der Waals surface area (Å²) in [4.78, 5) is 43.1. The molecule has 0 radical (unpaired) electrons. The molecule has 0 aliphatic heterocycles. The Labute approximate surface area is 945 Å². The van der Waals surface area contributed by atoms with Crippen molar-refractivity contribution in [1.29, 1.82) is 0 Å². The molecule has 620 valence electrons. The Hall–Kier alpha value is -0.0400. The maximum absolute atomic E-state index is 14.6. The van der Waals surface area contributed by atoms with Gasteiger partial charge in [0.2, 0.25) is 33.5 Å². The van der Waals surface area contributed by atoms with Gasteiger partial charge in [0.15, 0.2) is 51.8 Å². The zero-order valence-electron chi connectivity index (χ0n) is 64.0. The molecule has 0 aliphatic carbocycles. The van der Waals surface area contributed by atoms with Gasteiger partial charge in [-0.1, -0.05) is 0 Å². The Bertz CT molecular complexity index is 7090. The van der Waals surface area contributed by atoms with E-state index in [9.17, 15) is 157 Å². The summed E-state index contributed by atoms with van der Waals surface area (Å²) in [5, 5.41) is -3.60. The first-order chi connectivity index (χ1) is 52.0. The third-order valence-corrected chi connectivity index (χ3v) is 16.8. The van der Waals surface area contributed by atoms with Crippen LogP contribution in [-0.2, 0) is 114 Å². The Morgan fingerprint density at radius 2 is 0.400 bits per heavy atom. The van der Waals surface area contributed by atoms with Gasteiger partial charge in [0.25, 0.3) is 114 Å². The summed E-state index contributed by atoms with van der Waals surface area (Å²) in [6.07, 6.45) is 0. The molecule has 9 aromatic rings. The van der Waals surface area contributed by atoms with E-state index in [0.29, 0.717) is 78.9 Å². The molecule has 76 heteroatoms. The second-order valence-electron chi connectivity index (χ2n) is 20.4. The molecule has 54 nitrogen and oxygen atoms in total. The van der Waals surface area contributed by atoms with Gasteiger partial charge in [-0.2, -0.15) is 0 Å². The van der Waals surface area contributed by atoms with Crippen molar-refractivity contribution in [3.05, 3.63) is 122 Å². The van der Waals surface area contributed by atoms with Crippen LogP contribution in [0.2, 0.25) is 0 Å². The fourth-order valence-corrected chi connectivity index (χ4v) is 13.1. The monoisotopic (exact) mass is 2080 g/mol. The van der Waals surface area contributed by atoms with E-state index >= 15 is 0 Å². The fourth-order valence-electron chi connectivity index (χ4n) is 9.23. The van der Waals surface area contributed by atoms with Crippen molar-refractivity contribution in [3.8, 4) is 120 Å². The van der Waals surface area contributed by atoms with E-state index in [1.54, 1.807) is 0 Å². The largest absolute Gasteiger partial charge is 1.00 e. The van der Waals surface area contributed by atoms with Gasteiger partial charge in [0.05, 0.1) is 0 Å². The molecule has 0 aliphatic rings. The maximum atomic E-state index is 14.6. The van der Waals surface area contributed by atoms with Gasteiger partial charge in [0, 0.05) is 53.1 Å². The minimum Gasteiger partial charge on any atom is -0.716 e. The standard InChI is InChI=1S/C49H34O54S11.11Na/c50-41-39-33(88-9-10-89-34-16-25(95-106(59,60)61)19-37-40(34)43(52)49(103-114(83,84)85)46(92-37)22-3-6-28(98-109(68,69)70)31(13-22)100-111(74,75)76)15-24(94-105(56,57)58)17-35(39)90-44(47(41)101-112(77,78)79)20-1-4-26(96-107(62,63)64)29(11-20)86-7-8-87-32-14-23(93-104(53,54)55)18-36-38(32)42(51)48(102-113(80,81)82)45(91-36)21-2-5-27(97-108(65,66)67)30(12-21)99-110(71,72)73;;;;;;;;;;;/h1-6,11-19H,7-10H2,(H,53,54,55)(H,56,57,58)(H,59,60,61)(H,62,63,64)(H,65,66,67)(H,68,69,70)(H,71,72,73)(H,74,75,76)(H,77,78,79)(H,80,81,82)(H,83,84,85);;;;;;;;;;;/q;11*+1/p-11. The molecule has 125 heavy (non-hydrogen) atoms. The van der Waals surface area contributed by atoms with Crippen LogP contribution in [0.15, 0.2) is 119 Å². The van der Waals surface area contributed by atoms with Gasteiger partial charge >= 0.3 is 325 Å². The van der Waals surface area contributed by atoms with Crippen molar-refractivity contribution in [2.45, 2.75) is 0 Å². The van der Waals surface area contributed by atoms with E-state index in [0.717, 1.165) is 0 Å². The Kier molecular flexibility index (Phi) is 52.0. The Balaban J connectivity index is -0.0000135. The summed E-state index contributed by atoms with van der Waals surface area (Å²) in [7, 11) is -66.2. The number of benzene rings is 6. The molecule has 3 heterocycles. The van der Waals surface area contributed by atoms with Crippen LogP contribution in [0.5, 0.6) is 86.2 Å². The first kappa shape index (κ1) is 129. The number of hydrogen-bond donors (Lipinski definition) is 0. The summed E-state index contributed by atoms with van der Waals surface area (Å²) in [6.45, 7) is -4.88. The molecular formula is C49H23Na11O54S11. The predicted octanol–water partition coefficient (Wildman–Crippen LogP) is -35.8. The van der Waals surface area contributed by atoms with Gasteiger partial charge < -0.3 is 128 Å². The topological polar surface area (TPSA) is 858 Å². The smallest absolute Gasteiger partial charge is 0.716 e. The zero-order valence-corrected chi connectivity index (χ0v) is 95.0. The molecule has 9 rings (SSSR count). The summed E-state index contributed by atoms with van der Waals surface area (Å²) in [5.74, 6) is -25.0. The van der Waals surface area contributed by atoms with Gasteiger partial charge in [-0.3, -0.25) is 14.4 Å². The normalized spacial score (nSPS) is 11.7. The molecule has 0 amide bonds. The molecule has 0 unspecified atom stereocenters. The van der Waals surface area contributed by atoms with Crippen LogP contribution < -0.4 is 406 Å². The summed E-state index contributed by atoms with van der Waals surface area (Å²) < 4.78 is 475. The number of hydrogen-bond acceptors (Lipinski definition) is 54. The van der Waals surface area contributed by atoms with Crippen molar-refractivity contribution in [2.24, 2.45) is 0 Å². The summed E-state index contributed by atoms with van der Waals surface area (Å²) >= 11 is 0. The van der Waals surface area contributed by atoms with Crippen molar-refractivity contribution in [2.75, 3.05) is 26.4 Å². The van der Waals surface area contributed by atoms with Crippen molar-refractivity contribution < 1.29 is 546 Å². The van der Waals surface area contributed by atoms with E-state index in [4.69, 9.17) is 32.2 Å². The third kappa shape index (κ3) is 39.5. The third-order valence-electron chi connectivity index (χ3n) is 12.6. The average molecular weight is 2080 g/mol. The van der Waals surface area contributed by atoms with E-state index in [-0.39, 0.29) is 337 Å². The minimum atomic E-state index is -6.30. The second-order valence-corrected chi connectivity index (χ2v) is 31.3. The minimum absolute atomic E-state index is 0. The number of rotatable bonds is 35. The SMILES string of the molecule is O=c1c(OS(=O)(=O)[O-])c(-c2ccc(OS(=O)(=O)[O-])c(OS(=O)(=O)[O-])c2)oc2cc(OS(=O)(=O)[O-])cc(OCCOc3cc(-c4oc5cc(OS(=O)(=O)[O-])cc(OCCOc6cc(OS(=O)(=O)[O-])cc7oc(-c8ccc(OS(=O)(=O)[O-])c(OS(=O)(=O)[O-])c8)c(OS(=O)(=O)[O-])c(=O)c67)c5c(=O)c4OS(=O)(=O)[O-])ccc3OS(=O)(=O)[O-])c12.[Na+].[Na+].[Na+].[Na+].[Na+].[Na+].[Na+].[Na+].[Na+].[Na+].[Na+]. The van der Waals surface area contributed by atoms with E-state index in [2.05, 4.69) is 46.0 Å². The van der Waals surface area contributed by atoms with Crippen LogP contribution in [0.3, 0.4) is 0 Å². The summed E-state index contributed by atoms with van der Waals surface area (Å²) in [6, 6.07) is 5.26. The van der Waals surface area contributed by atoms with E-state index < -0.39 is 310 Å². The number of fused-ring (bicyclic) bond motifs is 3. The molecule has 3 aromatic heterocycles. The zero-order chi connectivity index (χ0) is 85.0. The molecule has 0 saturated carbocycles. The van der Waals surface area contributed by atoms with E-state index in [1.165, 1.54) is 0 Å². The first-order valence-electron chi connectivity index (χ1n) is 27.6. The molecule has 0 saturated heterocycles. The molecule has 0 atom stereocenters. The average Bonchev–Trinajstić information content (AvgIpc) is 0.758. The molecule has 0 fully saturated rings. The van der Waals surface area contributed by atoms with Crippen LogP contribution in [0.4, 0.5) is 0 Å². The van der Waals surface area contributed by atoms with E-state index in [1.807, 2.05) is 0 Å². The van der Waals surface area contributed by atoms with Gasteiger partial charge in [0.1, 0.15) is 93.8 Å². The van der Waals surface area contributed by atoms with Gasteiger partial charge in [-0.05, 0) is 54.6 Å². The summed E-state index contributed by atoms with van der Waals surface area (Å²) in [5.41, 5.74) is -12.1. The van der Waals surface area contributed by atoms with Crippen molar-refractivity contribution >= 4 is 147 Å².